The predicted molar refractivity (Wildman–Crippen MR) is 268 cm³/mol. The summed E-state index contributed by atoms with van der Waals surface area (Å²) in [6.07, 6.45) is 9.70. The van der Waals surface area contributed by atoms with Crippen molar-refractivity contribution >= 4 is 31.6 Å². The molecule has 5 aromatic rings. The lowest BCUT2D eigenvalue weighted by Crippen LogP contribution is -2.49. The number of carbonyl (C=O) groups is 1. The van der Waals surface area contributed by atoms with Crippen molar-refractivity contribution in [1.29, 1.82) is 0 Å². The molecule has 4 aliphatic rings. The fraction of sp³-hybridized carbons (Fsp3) is 0.585. The van der Waals surface area contributed by atoms with E-state index in [1.165, 1.54) is 41.5 Å². The van der Waals surface area contributed by atoms with Gasteiger partial charge in [-0.2, -0.15) is 5.10 Å². The number of hydrogen-bond acceptors (Lipinski definition) is 9. The number of nitrogens with one attached hydrogen (secondary N) is 1. The molecule has 1 aliphatic carbocycles. The molecule has 66 heavy (non-hydrogen) atoms. The second-order valence-corrected chi connectivity index (χ2v) is 26.8. The van der Waals surface area contributed by atoms with E-state index in [4.69, 9.17) is 14.3 Å². The van der Waals surface area contributed by atoms with Crippen LogP contribution in [0.4, 0.5) is 11.8 Å². The van der Waals surface area contributed by atoms with E-state index < -0.39 is 8.32 Å². The van der Waals surface area contributed by atoms with Crippen LogP contribution in [-0.4, -0.2) is 94.2 Å². The van der Waals surface area contributed by atoms with Crippen LogP contribution in [0.1, 0.15) is 159 Å². The maximum absolute atomic E-state index is 14.0. The second-order valence-electron chi connectivity index (χ2n) is 21.7. The van der Waals surface area contributed by atoms with Crippen molar-refractivity contribution in [2.75, 3.05) is 50.0 Å². The molecule has 3 aliphatic heterocycles. The topological polar surface area (TPSA) is 105 Å². The van der Waals surface area contributed by atoms with Crippen molar-refractivity contribution < 1.29 is 14.0 Å². The van der Waals surface area contributed by atoms with Crippen LogP contribution in [0.3, 0.4) is 0 Å². The van der Waals surface area contributed by atoms with Crippen LogP contribution in [0.25, 0.3) is 11.3 Å². The summed E-state index contributed by atoms with van der Waals surface area (Å²) in [5, 5.41) is 17.7. The number of anilines is 2. The molecule has 1 amide bonds. The van der Waals surface area contributed by atoms with Gasteiger partial charge in [0.25, 0.3) is 8.32 Å². The van der Waals surface area contributed by atoms with E-state index in [9.17, 15) is 4.79 Å². The van der Waals surface area contributed by atoms with Crippen LogP contribution in [0.2, 0.25) is 11.1 Å². The molecule has 4 atom stereocenters. The summed E-state index contributed by atoms with van der Waals surface area (Å²) in [7, 11) is -0.0123. The van der Waals surface area contributed by atoms with E-state index in [1.807, 2.05) is 16.8 Å². The minimum absolute atomic E-state index is 0.0196. The summed E-state index contributed by atoms with van der Waals surface area (Å²) in [6.45, 7) is 26.7. The third-order valence-corrected chi connectivity index (χ3v) is 21.4. The highest BCUT2D eigenvalue weighted by Gasteiger charge is 2.55. The highest BCUT2D eigenvalue weighted by molar-refractivity contribution is 6.79. The molecular weight excluding hydrogens is 839 g/mol. The molecule has 2 aromatic carbocycles. The van der Waals surface area contributed by atoms with Crippen molar-refractivity contribution in [2.24, 2.45) is 0 Å². The normalized spacial score (nSPS) is 22.5. The molecule has 0 saturated carbocycles. The Hall–Kier alpha value is -4.72. The van der Waals surface area contributed by atoms with Gasteiger partial charge in [0, 0.05) is 74.3 Å². The minimum atomic E-state index is -2.22. The number of nitrogens with zero attached hydrogens (tertiary/aromatic N) is 8. The van der Waals surface area contributed by atoms with Gasteiger partial charge in [-0.1, -0.05) is 79.7 Å². The molecule has 9 rings (SSSR count). The van der Waals surface area contributed by atoms with E-state index in [0.717, 1.165) is 105 Å². The first-order valence-corrected chi connectivity index (χ1v) is 27.3. The van der Waals surface area contributed by atoms with E-state index >= 15 is 0 Å². The number of piperidine rings is 1. The fourth-order valence-corrected chi connectivity index (χ4v) is 17.0. The standard InChI is InChI=1S/C53H75N9O3Si/c1-35(2)66(36(3)4)38(6)45-31-41(30-40(51(45)65-66)33-59-28-26-58(10)27-29-59)62-49(32-47(57-62)53(7,8)9)54-50(63)20-15-17-39-21-23-46(44-19-12-11-18-43(39)44)64-42-22-24-48-55-56-52(61(48)34-42)60-25-14-13-16-37(60)5/h11-12,18-19,22,24,30-32,34-39,46H,13-17,20-21,23,25-29,33H2,1-10H3,(H,54,63)/t37-,38?,39?,46+/m0/s1. The quantitative estimate of drug-likeness (QED) is 0.116. The highest BCUT2D eigenvalue weighted by atomic mass is 28.4. The summed E-state index contributed by atoms with van der Waals surface area (Å²) < 4.78 is 18.2. The van der Waals surface area contributed by atoms with Gasteiger partial charge in [-0.05, 0) is 117 Å². The van der Waals surface area contributed by atoms with Gasteiger partial charge in [-0.3, -0.25) is 14.1 Å². The SMILES string of the molecule is CC(C)[Si]1(C(C)C)Oc2c(CN3CCN(C)CC3)cc(-n3nc(C(C)(C)C)cc3NC(=O)CCCC3CC[C@@H](Oc4ccc5nnc(N6CCCC[C@@H]6C)n5c4)c4ccccc43)cc2C1C. The van der Waals surface area contributed by atoms with Crippen molar-refractivity contribution in [3.05, 3.63) is 88.7 Å². The van der Waals surface area contributed by atoms with E-state index in [0.29, 0.717) is 35.0 Å². The molecule has 2 saturated heterocycles. The van der Waals surface area contributed by atoms with Gasteiger partial charge in [-0.25, -0.2) is 4.68 Å². The average molecular weight is 914 g/mol. The number of likely N-dealkylation sites (N-methyl/N-ethyl adjacent to an activating group) is 1. The van der Waals surface area contributed by atoms with Crippen molar-refractivity contribution in [3.8, 4) is 17.2 Å². The van der Waals surface area contributed by atoms with Crippen LogP contribution >= 0.6 is 0 Å². The van der Waals surface area contributed by atoms with Gasteiger partial charge in [-0.15, -0.1) is 10.2 Å². The summed E-state index contributed by atoms with van der Waals surface area (Å²) in [4.78, 5) is 21.4. The molecule has 6 heterocycles. The Morgan fingerprint density at radius 2 is 1.65 bits per heavy atom. The molecule has 1 N–H and O–H groups in total. The predicted octanol–water partition coefficient (Wildman–Crippen LogP) is 10.9. The van der Waals surface area contributed by atoms with Crippen molar-refractivity contribution in [2.45, 2.75) is 160 Å². The van der Waals surface area contributed by atoms with Gasteiger partial charge in [0.15, 0.2) is 5.65 Å². The second kappa shape index (κ2) is 18.8. The number of ether oxygens (including phenoxy) is 1. The zero-order valence-electron chi connectivity index (χ0n) is 41.4. The molecule has 354 valence electrons. The fourth-order valence-electron chi connectivity index (χ4n) is 11.7. The molecule has 0 spiro atoms. The Morgan fingerprint density at radius 3 is 2.38 bits per heavy atom. The molecule has 0 bridgehead atoms. The molecule has 2 fully saturated rings. The van der Waals surface area contributed by atoms with Crippen LogP contribution in [0.5, 0.6) is 11.5 Å². The molecule has 3 aromatic heterocycles. The maximum Gasteiger partial charge on any atom is 0.263 e. The Bertz CT molecular complexity index is 2510. The Morgan fingerprint density at radius 1 is 0.894 bits per heavy atom. The zero-order valence-corrected chi connectivity index (χ0v) is 42.4. The maximum atomic E-state index is 14.0. The van der Waals surface area contributed by atoms with Crippen molar-refractivity contribution in [3.63, 3.8) is 0 Å². The van der Waals surface area contributed by atoms with Gasteiger partial charge < -0.3 is 24.3 Å². The number of benzene rings is 2. The van der Waals surface area contributed by atoms with Crippen LogP contribution < -0.4 is 19.4 Å². The third-order valence-electron chi connectivity index (χ3n) is 15.6. The number of fused-ring (bicyclic) bond motifs is 3. The number of carbonyl (C=O) groups excluding carboxylic acids is 1. The summed E-state index contributed by atoms with van der Waals surface area (Å²) in [5.74, 6) is 3.93. The first-order chi connectivity index (χ1) is 31.6. The molecule has 13 heteroatoms. The smallest absolute Gasteiger partial charge is 0.263 e. The van der Waals surface area contributed by atoms with Crippen molar-refractivity contribution in [1.82, 2.24) is 34.2 Å². The molecule has 0 radical (unpaired) electrons. The third kappa shape index (κ3) is 9.03. The first kappa shape index (κ1) is 46.4. The van der Waals surface area contributed by atoms with Crippen LogP contribution in [0.15, 0.2) is 60.8 Å². The van der Waals surface area contributed by atoms with E-state index in [1.54, 1.807) is 0 Å². The average Bonchev–Trinajstić information content (AvgIpc) is 4.00. The Labute approximate surface area is 394 Å². The number of amides is 1. The minimum Gasteiger partial charge on any atom is -0.542 e. The lowest BCUT2D eigenvalue weighted by atomic mass is 9.79. The lowest BCUT2D eigenvalue weighted by molar-refractivity contribution is -0.116. The summed E-state index contributed by atoms with van der Waals surface area (Å²) in [6, 6.07) is 19.9. The first-order valence-electron chi connectivity index (χ1n) is 25.1. The molecule has 12 nitrogen and oxygen atoms in total. The Kier molecular flexibility index (Phi) is 13.2. The van der Waals surface area contributed by atoms with Crippen LogP contribution in [0, 0.1) is 0 Å². The summed E-state index contributed by atoms with van der Waals surface area (Å²) in [5.41, 5.74) is 8.93. The van der Waals surface area contributed by atoms with Crippen LogP contribution in [-0.2, 0) is 16.8 Å². The zero-order chi connectivity index (χ0) is 46.5. The van der Waals surface area contributed by atoms with Gasteiger partial charge in [0.05, 0.1) is 17.6 Å². The van der Waals surface area contributed by atoms with E-state index in [2.05, 4.69) is 153 Å². The molecular formula is C53H75N9O3Si. The number of rotatable bonds is 13. The number of piperazine rings is 1. The monoisotopic (exact) mass is 914 g/mol. The van der Waals surface area contributed by atoms with Gasteiger partial charge in [0.2, 0.25) is 11.9 Å². The number of aromatic nitrogens is 5. The largest absolute Gasteiger partial charge is 0.542 e. The number of hydrogen-bond donors (Lipinski definition) is 1. The van der Waals surface area contributed by atoms with E-state index in [-0.39, 0.29) is 17.4 Å². The Balaban J connectivity index is 0.910. The highest BCUT2D eigenvalue weighted by Crippen LogP contribution is 2.54. The molecule has 2 unspecified atom stereocenters. The van der Waals surface area contributed by atoms with Gasteiger partial charge >= 0.3 is 0 Å². The lowest BCUT2D eigenvalue weighted by Gasteiger charge is -2.37. The summed E-state index contributed by atoms with van der Waals surface area (Å²) >= 11 is 0. The number of pyridine rings is 1. The van der Waals surface area contributed by atoms with Gasteiger partial charge in [0.1, 0.15) is 23.4 Å².